The lowest BCUT2D eigenvalue weighted by atomic mass is 10.0. The molecule has 98 valence electrons. The minimum atomic E-state index is -2.09. The molecule has 16 heavy (non-hydrogen) atoms. The maximum Gasteiger partial charge on any atom is 0.111 e. The average Bonchev–Trinajstić information content (AvgIpc) is 2.22. The predicted molar refractivity (Wildman–Crippen MR) is 60.5 cm³/mol. The summed E-state index contributed by atoms with van der Waals surface area (Å²) in [4.78, 5) is 0. The molecule has 0 saturated heterocycles. The van der Waals surface area contributed by atoms with Crippen molar-refractivity contribution in [2.75, 3.05) is 6.61 Å². The van der Waals surface area contributed by atoms with Crippen molar-refractivity contribution in [3.8, 4) is 0 Å². The Kier molecular flexibility index (Phi) is 6.05. The summed E-state index contributed by atoms with van der Waals surface area (Å²) in [7, 11) is -2.09. The van der Waals surface area contributed by atoms with Gasteiger partial charge in [-0.15, -0.1) is 0 Å². The Bertz CT molecular complexity index is 207. The first-order chi connectivity index (χ1) is 7.12. The second-order valence-electron chi connectivity index (χ2n) is 5.03. The van der Waals surface area contributed by atoms with Crippen molar-refractivity contribution in [2.45, 2.75) is 49.8 Å². The van der Waals surface area contributed by atoms with E-state index in [0.717, 1.165) is 0 Å². The summed E-state index contributed by atoms with van der Waals surface area (Å²) in [6.45, 7) is 4.65. The van der Waals surface area contributed by atoms with Crippen LogP contribution in [0.4, 0.5) is 0 Å². The highest BCUT2D eigenvalue weighted by Gasteiger charge is 2.39. The molecule has 0 radical (unpaired) electrons. The molecule has 0 unspecified atom stereocenters. The molecule has 6 N–H and O–H groups in total. The molecule has 0 aliphatic carbocycles. The van der Waals surface area contributed by atoms with E-state index in [-0.39, 0.29) is 0 Å². The lowest BCUT2D eigenvalue weighted by Crippen LogP contribution is -2.56. The highest BCUT2D eigenvalue weighted by atomic mass is 28.3. The fourth-order valence-corrected chi connectivity index (χ4v) is 2.46. The number of rotatable bonds is 6. The van der Waals surface area contributed by atoms with Crippen LogP contribution in [0.25, 0.3) is 0 Å². The molecule has 0 aliphatic heterocycles. The number of aliphatic hydroxyl groups excluding tert-OH is 6. The van der Waals surface area contributed by atoms with Crippen molar-refractivity contribution in [1.82, 2.24) is 0 Å². The molecule has 0 aromatic carbocycles. The van der Waals surface area contributed by atoms with E-state index in [2.05, 4.69) is 0 Å². The van der Waals surface area contributed by atoms with Crippen molar-refractivity contribution < 1.29 is 30.6 Å². The monoisotopic (exact) mass is 254 g/mol. The molecule has 0 fully saturated rings. The van der Waals surface area contributed by atoms with Gasteiger partial charge in [0.2, 0.25) is 0 Å². The van der Waals surface area contributed by atoms with Crippen LogP contribution in [0.15, 0.2) is 0 Å². The molecule has 0 saturated carbocycles. The van der Waals surface area contributed by atoms with Crippen LogP contribution in [0.2, 0.25) is 19.6 Å². The Balaban J connectivity index is 4.55. The van der Waals surface area contributed by atoms with Gasteiger partial charge in [0, 0.05) is 0 Å². The minimum absolute atomic E-state index is 0.728. The maximum absolute atomic E-state index is 9.72. The molecule has 0 heterocycles. The molecule has 0 rings (SSSR count). The van der Waals surface area contributed by atoms with Gasteiger partial charge in [-0.1, -0.05) is 19.6 Å². The number of aliphatic hydroxyl groups is 6. The quantitative estimate of drug-likeness (QED) is 0.295. The van der Waals surface area contributed by atoms with Gasteiger partial charge in [-0.3, -0.25) is 0 Å². The third-order valence-corrected chi connectivity index (χ3v) is 4.61. The van der Waals surface area contributed by atoms with Crippen molar-refractivity contribution in [3.05, 3.63) is 0 Å². The maximum atomic E-state index is 9.72. The van der Waals surface area contributed by atoms with E-state index in [1.54, 1.807) is 19.6 Å². The molecule has 0 aliphatic rings. The largest absolute Gasteiger partial charge is 0.394 e. The van der Waals surface area contributed by atoms with Crippen LogP contribution in [0.1, 0.15) is 0 Å². The molecular formula is C9H22O6Si. The zero-order chi connectivity index (χ0) is 13.1. The third kappa shape index (κ3) is 4.09. The smallest absolute Gasteiger partial charge is 0.111 e. The number of hydrogen-bond acceptors (Lipinski definition) is 6. The summed E-state index contributed by atoms with van der Waals surface area (Å²) < 4.78 is 0. The van der Waals surface area contributed by atoms with E-state index in [9.17, 15) is 20.4 Å². The van der Waals surface area contributed by atoms with Crippen molar-refractivity contribution in [3.63, 3.8) is 0 Å². The van der Waals surface area contributed by atoms with Gasteiger partial charge >= 0.3 is 0 Å². The summed E-state index contributed by atoms with van der Waals surface area (Å²) >= 11 is 0. The van der Waals surface area contributed by atoms with Crippen LogP contribution in [0.5, 0.6) is 0 Å². The molecule has 6 nitrogen and oxygen atoms in total. The predicted octanol–water partition coefficient (Wildman–Crippen LogP) is -2.34. The standard InChI is InChI=1S/C9H22O6Si/c1-16(2,3)9(15)8(14)7(13)6(12)5(11)4-10/h5-15H,4H2,1-3H3/t5-,6-,7+,8+,9+/m1/s1. The number of hydrogen-bond donors (Lipinski definition) is 6. The lowest BCUT2D eigenvalue weighted by Gasteiger charge is -2.33. The first-order valence-corrected chi connectivity index (χ1v) is 8.71. The zero-order valence-electron chi connectivity index (χ0n) is 9.78. The second kappa shape index (κ2) is 6.06. The van der Waals surface area contributed by atoms with Crippen LogP contribution in [-0.4, -0.2) is 75.5 Å². The van der Waals surface area contributed by atoms with Crippen molar-refractivity contribution >= 4 is 8.07 Å². The van der Waals surface area contributed by atoms with Crippen molar-refractivity contribution in [1.29, 1.82) is 0 Å². The molecule has 0 spiro atoms. The lowest BCUT2D eigenvalue weighted by molar-refractivity contribution is -0.130. The molecule has 0 amide bonds. The van der Waals surface area contributed by atoms with E-state index < -0.39 is 44.8 Å². The summed E-state index contributed by atoms with van der Waals surface area (Å²) in [5.41, 5.74) is -1.12. The molecular weight excluding hydrogens is 232 g/mol. The Hall–Kier alpha value is -0.0231. The minimum Gasteiger partial charge on any atom is -0.394 e. The topological polar surface area (TPSA) is 121 Å². The highest BCUT2D eigenvalue weighted by molar-refractivity contribution is 6.77. The van der Waals surface area contributed by atoms with Crippen molar-refractivity contribution in [2.24, 2.45) is 0 Å². The van der Waals surface area contributed by atoms with Gasteiger partial charge in [0.15, 0.2) is 0 Å². The van der Waals surface area contributed by atoms with Crippen LogP contribution in [-0.2, 0) is 0 Å². The van der Waals surface area contributed by atoms with Crippen LogP contribution >= 0.6 is 0 Å². The van der Waals surface area contributed by atoms with Gasteiger partial charge in [-0.2, -0.15) is 0 Å². The molecule has 0 bridgehead atoms. The second-order valence-corrected chi connectivity index (χ2v) is 10.4. The molecule has 5 atom stereocenters. The molecule has 0 aromatic rings. The van der Waals surface area contributed by atoms with Gasteiger partial charge in [0.05, 0.1) is 20.4 Å². The highest BCUT2D eigenvalue weighted by Crippen LogP contribution is 2.16. The summed E-state index contributed by atoms with van der Waals surface area (Å²) in [6.07, 6.45) is -6.46. The first-order valence-electron chi connectivity index (χ1n) is 5.14. The van der Waals surface area contributed by atoms with E-state index in [4.69, 9.17) is 10.2 Å². The molecule has 0 aromatic heterocycles. The van der Waals surface area contributed by atoms with Gasteiger partial charge in [-0.25, -0.2) is 0 Å². The normalized spacial score (nSPS) is 22.3. The van der Waals surface area contributed by atoms with Crippen LogP contribution in [0.3, 0.4) is 0 Å². The van der Waals surface area contributed by atoms with Gasteiger partial charge in [0.1, 0.15) is 24.4 Å². The Labute approximate surface area is 95.8 Å². The molecule has 7 heteroatoms. The third-order valence-electron chi connectivity index (χ3n) is 2.49. The van der Waals surface area contributed by atoms with E-state index >= 15 is 0 Å². The van der Waals surface area contributed by atoms with Crippen LogP contribution in [0, 0.1) is 0 Å². The fraction of sp³-hybridized carbons (Fsp3) is 1.00. The Morgan fingerprint density at radius 2 is 1.25 bits per heavy atom. The van der Waals surface area contributed by atoms with Gasteiger partial charge < -0.3 is 30.6 Å². The zero-order valence-corrected chi connectivity index (χ0v) is 10.8. The summed E-state index contributed by atoms with van der Waals surface area (Å²) in [5, 5.41) is 55.9. The SMILES string of the molecule is C[Si](C)(C)[C@H](O)[C@@H](O)[C@@H](O)[C@H](O)[C@H](O)CO. The first kappa shape index (κ1) is 16.0. The van der Waals surface area contributed by atoms with E-state index in [1.165, 1.54) is 0 Å². The van der Waals surface area contributed by atoms with E-state index in [1.807, 2.05) is 0 Å². The fourth-order valence-electron chi connectivity index (χ4n) is 1.24. The summed E-state index contributed by atoms with van der Waals surface area (Å²) in [6, 6.07) is 0. The van der Waals surface area contributed by atoms with Crippen LogP contribution < -0.4 is 0 Å². The summed E-state index contributed by atoms with van der Waals surface area (Å²) in [5.74, 6) is 0. The Morgan fingerprint density at radius 1 is 0.812 bits per heavy atom. The van der Waals surface area contributed by atoms with Gasteiger partial charge in [-0.05, 0) is 0 Å². The van der Waals surface area contributed by atoms with E-state index in [0.29, 0.717) is 0 Å². The van der Waals surface area contributed by atoms with Gasteiger partial charge in [0.25, 0.3) is 0 Å². The average molecular weight is 254 g/mol. The Morgan fingerprint density at radius 3 is 1.56 bits per heavy atom.